The standard InChI is InChI=1S/C19H28N6O2/c1-4-27-17(26)14-25-19(20-21-22-25)18(15(2)3)24-12-10-23(11-13-24)16-8-6-5-7-9-16/h5-9,15,18H,4,10-14H2,1-3H3/t18-/m0/s1. The van der Waals surface area contributed by atoms with Crippen molar-refractivity contribution in [2.24, 2.45) is 5.92 Å². The molecule has 0 radical (unpaired) electrons. The van der Waals surface area contributed by atoms with Crippen molar-refractivity contribution >= 4 is 11.7 Å². The van der Waals surface area contributed by atoms with Crippen molar-refractivity contribution in [3.63, 3.8) is 0 Å². The van der Waals surface area contributed by atoms with Gasteiger partial charge >= 0.3 is 5.97 Å². The van der Waals surface area contributed by atoms with Crippen molar-refractivity contribution in [1.29, 1.82) is 0 Å². The van der Waals surface area contributed by atoms with Crippen molar-refractivity contribution < 1.29 is 9.53 Å². The SMILES string of the molecule is CCOC(=O)Cn1nnnc1[C@H](C(C)C)N1CCN(c2ccccc2)CC1. The third kappa shape index (κ3) is 4.63. The van der Waals surface area contributed by atoms with Crippen molar-refractivity contribution in [2.45, 2.75) is 33.4 Å². The first-order chi connectivity index (χ1) is 13.1. The molecule has 0 unspecified atom stereocenters. The first kappa shape index (κ1) is 19.3. The van der Waals surface area contributed by atoms with Crippen LogP contribution < -0.4 is 4.90 Å². The lowest BCUT2D eigenvalue weighted by Crippen LogP contribution is -2.49. The van der Waals surface area contributed by atoms with Gasteiger partial charge in [-0.2, -0.15) is 0 Å². The summed E-state index contributed by atoms with van der Waals surface area (Å²) in [6, 6.07) is 10.5. The largest absolute Gasteiger partial charge is 0.465 e. The summed E-state index contributed by atoms with van der Waals surface area (Å²) in [5.41, 5.74) is 1.25. The Balaban J connectivity index is 1.70. The Bertz CT molecular complexity index is 725. The van der Waals surface area contributed by atoms with Crippen LogP contribution >= 0.6 is 0 Å². The summed E-state index contributed by atoms with van der Waals surface area (Å²) in [7, 11) is 0. The fourth-order valence-corrected chi connectivity index (χ4v) is 3.65. The van der Waals surface area contributed by atoms with Crippen molar-refractivity contribution in [3.05, 3.63) is 36.2 Å². The van der Waals surface area contributed by atoms with Crippen LogP contribution in [0.2, 0.25) is 0 Å². The van der Waals surface area contributed by atoms with Crippen LogP contribution in [0.3, 0.4) is 0 Å². The number of carbonyl (C=O) groups is 1. The number of tetrazole rings is 1. The number of hydrogen-bond acceptors (Lipinski definition) is 7. The third-order valence-electron chi connectivity index (χ3n) is 4.87. The molecule has 146 valence electrons. The summed E-state index contributed by atoms with van der Waals surface area (Å²) in [5.74, 6) is 0.730. The number of anilines is 1. The zero-order chi connectivity index (χ0) is 19.2. The van der Waals surface area contributed by atoms with Crippen molar-refractivity contribution in [2.75, 3.05) is 37.7 Å². The first-order valence-corrected chi connectivity index (χ1v) is 9.56. The van der Waals surface area contributed by atoms with Crippen LogP contribution in [0, 0.1) is 5.92 Å². The van der Waals surface area contributed by atoms with Gasteiger partial charge in [0.2, 0.25) is 0 Å². The summed E-state index contributed by atoms with van der Waals surface area (Å²) >= 11 is 0. The molecule has 3 rings (SSSR count). The van der Waals surface area contributed by atoms with E-state index >= 15 is 0 Å². The fraction of sp³-hybridized carbons (Fsp3) is 0.579. The minimum Gasteiger partial charge on any atom is -0.465 e. The highest BCUT2D eigenvalue weighted by Gasteiger charge is 2.32. The molecule has 1 atom stereocenters. The van der Waals surface area contributed by atoms with E-state index in [4.69, 9.17) is 4.74 Å². The van der Waals surface area contributed by atoms with Gasteiger partial charge in [0.1, 0.15) is 6.54 Å². The highest BCUT2D eigenvalue weighted by atomic mass is 16.5. The second-order valence-corrected chi connectivity index (χ2v) is 7.05. The maximum atomic E-state index is 11.9. The zero-order valence-corrected chi connectivity index (χ0v) is 16.3. The molecular weight excluding hydrogens is 344 g/mol. The summed E-state index contributed by atoms with van der Waals surface area (Å²) in [6.45, 7) is 10.3. The van der Waals surface area contributed by atoms with E-state index in [1.165, 1.54) is 5.69 Å². The quantitative estimate of drug-likeness (QED) is 0.685. The Morgan fingerprint density at radius 1 is 1.15 bits per heavy atom. The maximum Gasteiger partial charge on any atom is 0.327 e. The van der Waals surface area contributed by atoms with Gasteiger partial charge in [-0.3, -0.25) is 9.69 Å². The average Bonchev–Trinajstić information content (AvgIpc) is 3.10. The van der Waals surface area contributed by atoms with Gasteiger partial charge in [-0.15, -0.1) is 5.10 Å². The van der Waals surface area contributed by atoms with Crippen LogP contribution in [-0.4, -0.2) is 63.9 Å². The number of aromatic nitrogens is 4. The monoisotopic (exact) mass is 372 g/mol. The van der Waals surface area contributed by atoms with Gasteiger partial charge in [-0.25, -0.2) is 4.68 Å². The molecule has 2 aromatic rings. The molecule has 0 amide bonds. The number of hydrogen-bond donors (Lipinski definition) is 0. The minimum absolute atomic E-state index is 0.0450. The smallest absolute Gasteiger partial charge is 0.327 e. The number of para-hydroxylation sites is 1. The maximum absolute atomic E-state index is 11.9. The van der Waals surface area contributed by atoms with E-state index in [9.17, 15) is 4.79 Å². The predicted octanol–water partition coefficient (Wildman–Crippen LogP) is 1.76. The van der Waals surface area contributed by atoms with E-state index in [0.29, 0.717) is 12.5 Å². The molecule has 1 aromatic carbocycles. The summed E-state index contributed by atoms with van der Waals surface area (Å²) in [5, 5.41) is 12.1. The molecule has 0 N–H and O–H groups in total. The molecule has 0 saturated carbocycles. The Hall–Kier alpha value is -2.48. The first-order valence-electron chi connectivity index (χ1n) is 9.56. The Kier molecular flexibility index (Phi) is 6.39. The summed E-state index contributed by atoms with van der Waals surface area (Å²) < 4.78 is 6.62. The molecule has 27 heavy (non-hydrogen) atoms. The molecule has 1 saturated heterocycles. The van der Waals surface area contributed by atoms with Crippen LogP contribution in [0.15, 0.2) is 30.3 Å². The van der Waals surface area contributed by atoms with Crippen molar-refractivity contribution in [1.82, 2.24) is 25.1 Å². The lowest BCUT2D eigenvalue weighted by molar-refractivity contribution is -0.144. The van der Waals surface area contributed by atoms with E-state index in [0.717, 1.165) is 32.0 Å². The lowest BCUT2D eigenvalue weighted by Gasteiger charge is -2.41. The van der Waals surface area contributed by atoms with E-state index in [1.807, 2.05) is 6.07 Å². The van der Waals surface area contributed by atoms with E-state index < -0.39 is 0 Å². The lowest BCUT2D eigenvalue weighted by atomic mass is 10.0. The third-order valence-corrected chi connectivity index (χ3v) is 4.87. The highest BCUT2D eigenvalue weighted by molar-refractivity contribution is 5.69. The van der Waals surface area contributed by atoms with Gasteiger partial charge in [-0.05, 0) is 35.4 Å². The molecular formula is C19H28N6O2. The van der Waals surface area contributed by atoms with E-state index in [2.05, 4.69) is 63.4 Å². The fourth-order valence-electron chi connectivity index (χ4n) is 3.65. The van der Waals surface area contributed by atoms with E-state index in [1.54, 1.807) is 11.6 Å². The normalized spacial score (nSPS) is 16.5. The molecule has 8 nitrogen and oxygen atoms in total. The second-order valence-electron chi connectivity index (χ2n) is 7.05. The summed E-state index contributed by atoms with van der Waals surface area (Å²) in [6.07, 6.45) is 0. The van der Waals surface area contributed by atoms with Gasteiger partial charge in [-0.1, -0.05) is 32.0 Å². The molecule has 0 bridgehead atoms. The number of rotatable bonds is 7. The van der Waals surface area contributed by atoms with Gasteiger partial charge < -0.3 is 9.64 Å². The number of esters is 1. The molecule has 0 aliphatic carbocycles. The molecule has 1 fully saturated rings. The van der Waals surface area contributed by atoms with Gasteiger partial charge in [0.05, 0.1) is 12.6 Å². The minimum atomic E-state index is -0.317. The Labute approximate surface area is 160 Å². The van der Waals surface area contributed by atoms with Crippen LogP contribution in [0.5, 0.6) is 0 Å². The molecule has 1 aliphatic heterocycles. The number of piperazine rings is 1. The van der Waals surface area contributed by atoms with Gasteiger partial charge in [0.25, 0.3) is 0 Å². The van der Waals surface area contributed by atoms with Crippen LogP contribution in [-0.2, 0) is 16.1 Å². The summed E-state index contributed by atoms with van der Waals surface area (Å²) in [4.78, 5) is 16.7. The molecule has 1 aromatic heterocycles. The second kappa shape index (κ2) is 8.94. The molecule has 1 aliphatic rings. The molecule has 0 spiro atoms. The number of carbonyl (C=O) groups excluding carboxylic acids is 1. The predicted molar refractivity (Wildman–Crippen MR) is 102 cm³/mol. The number of benzene rings is 1. The van der Waals surface area contributed by atoms with Crippen LogP contribution in [0.1, 0.15) is 32.6 Å². The van der Waals surface area contributed by atoms with Crippen LogP contribution in [0.4, 0.5) is 5.69 Å². The zero-order valence-electron chi connectivity index (χ0n) is 16.3. The van der Waals surface area contributed by atoms with Crippen molar-refractivity contribution in [3.8, 4) is 0 Å². The van der Waals surface area contributed by atoms with Gasteiger partial charge in [0, 0.05) is 31.9 Å². The molecule has 8 heteroatoms. The number of nitrogens with zero attached hydrogens (tertiary/aromatic N) is 6. The van der Waals surface area contributed by atoms with Gasteiger partial charge in [0.15, 0.2) is 5.82 Å². The Morgan fingerprint density at radius 2 is 1.85 bits per heavy atom. The highest BCUT2D eigenvalue weighted by Crippen LogP contribution is 2.28. The average molecular weight is 372 g/mol. The van der Waals surface area contributed by atoms with E-state index in [-0.39, 0.29) is 18.6 Å². The topological polar surface area (TPSA) is 76.4 Å². The molecule has 2 heterocycles. The van der Waals surface area contributed by atoms with Crippen LogP contribution in [0.25, 0.3) is 0 Å². The Morgan fingerprint density at radius 3 is 2.48 bits per heavy atom. The number of ether oxygens (including phenoxy) is 1.